The lowest BCUT2D eigenvalue weighted by Gasteiger charge is -2.33. The molecule has 0 radical (unpaired) electrons. The van der Waals surface area contributed by atoms with Crippen LogP contribution in [0.2, 0.25) is 0 Å². The number of hydrogen-bond donors (Lipinski definition) is 3. The Morgan fingerprint density at radius 1 is 0.925 bits per heavy atom. The van der Waals surface area contributed by atoms with E-state index in [1.807, 2.05) is 48.7 Å². The predicted octanol–water partition coefficient (Wildman–Crippen LogP) is 3.96. The molecule has 40 heavy (non-hydrogen) atoms. The SMILES string of the molecule is CN1CCN(c2nccc3[nH]c(-c4n[nH]c5ccc(-c6cncc(NC(=O)c7ccccc7)c6)nc45)nc23)CC1. The molecule has 1 saturated heterocycles. The van der Waals surface area contributed by atoms with Crippen LogP contribution in [0.1, 0.15) is 10.4 Å². The number of aromatic nitrogens is 7. The minimum Gasteiger partial charge on any atom is -0.352 e. The number of fused-ring (bicyclic) bond motifs is 2. The van der Waals surface area contributed by atoms with E-state index < -0.39 is 0 Å². The topological polar surface area (TPSA) is 132 Å². The van der Waals surface area contributed by atoms with Gasteiger partial charge in [-0.1, -0.05) is 18.2 Å². The summed E-state index contributed by atoms with van der Waals surface area (Å²) in [6.45, 7) is 3.77. The number of benzene rings is 1. The summed E-state index contributed by atoms with van der Waals surface area (Å²) in [5.41, 5.74) is 6.45. The summed E-state index contributed by atoms with van der Waals surface area (Å²) in [5, 5.41) is 10.5. The lowest BCUT2D eigenvalue weighted by Crippen LogP contribution is -2.44. The lowest BCUT2D eigenvalue weighted by atomic mass is 10.1. The van der Waals surface area contributed by atoms with Crippen molar-refractivity contribution in [1.29, 1.82) is 0 Å². The molecule has 6 aromatic rings. The standard InChI is InChI=1S/C29H26N10O/c1-38-11-13-39(14-12-38)28-25-22(9-10-31-28)34-27(35-25)26-24-23(36-37-26)8-7-21(33-24)19-15-20(17-30-16-19)32-29(40)18-5-3-2-4-6-18/h2-10,15-17H,11-14H2,1H3,(H,32,40)(H,34,35)(H,36,37). The van der Waals surface area contributed by atoms with Gasteiger partial charge in [-0.15, -0.1) is 0 Å². The highest BCUT2D eigenvalue weighted by Crippen LogP contribution is 2.30. The van der Waals surface area contributed by atoms with Crippen LogP contribution in [0, 0.1) is 0 Å². The largest absolute Gasteiger partial charge is 0.352 e. The molecule has 0 spiro atoms. The summed E-state index contributed by atoms with van der Waals surface area (Å²) in [6, 6.07) is 16.7. The number of imidazole rings is 1. The third-order valence-corrected chi connectivity index (χ3v) is 7.14. The maximum Gasteiger partial charge on any atom is 0.255 e. The van der Waals surface area contributed by atoms with Crippen LogP contribution in [0.25, 0.3) is 44.8 Å². The molecule has 0 atom stereocenters. The first-order valence-electron chi connectivity index (χ1n) is 13.1. The smallest absolute Gasteiger partial charge is 0.255 e. The van der Waals surface area contributed by atoms with Crippen molar-refractivity contribution in [2.24, 2.45) is 0 Å². The quantitative estimate of drug-likeness (QED) is 0.305. The Hall–Kier alpha value is -5.16. The molecule has 11 nitrogen and oxygen atoms in total. The average molecular weight is 531 g/mol. The van der Waals surface area contributed by atoms with Gasteiger partial charge in [-0.3, -0.25) is 14.9 Å². The van der Waals surface area contributed by atoms with Crippen molar-refractivity contribution in [3.63, 3.8) is 0 Å². The molecule has 1 amide bonds. The number of carbonyl (C=O) groups excluding carboxylic acids is 1. The fourth-order valence-electron chi connectivity index (χ4n) is 4.95. The number of carbonyl (C=O) groups is 1. The fraction of sp³-hybridized carbons (Fsp3) is 0.172. The van der Waals surface area contributed by atoms with Crippen LogP contribution in [-0.2, 0) is 0 Å². The fourth-order valence-corrected chi connectivity index (χ4v) is 4.95. The summed E-state index contributed by atoms with van der Waals surface area (Å²) in [5.74, 6) is 1.30. The zero-order valence-corrected chi connectivity index (χ0v) is 21.8. The minimum atomic E-state index is -0.199. The van der Waals surface area contributed by atoms with Crippen LogP contribution in [0.3, 0.4) is 0 Å². The van der Waals surface area contributed by atoms with Crippen molar-refractivity contribution in [2.45, 2.75) is 0 Å². The maximum atomic E-state index is 12.6. The van der Waals surface area contributed by atoms with E-state index in [4.69, 9.17) is 9.97 Å². The Labute approximate surface area is 229 Å². The van der Waals surface area contributed by atoms with E-state index in [1.54, 1.807) is 24.5 Å². The highest BCUT2D eigenvalue weighted by molar-refractivity contribution is 6.04. The van der Waals surface area contributed by atoms with E-state index in [2.05, 4.69) is 47.3 Å². The molecule has 11 heteroatoms. The second-order valence-electron chi connectivity index (χ2n) is 9.85. The van der Waals surface area contributed by atoms with Crippen molar-refractivity contribution >= 4 is 39.5 Å². The van der Waals surface area contributed by atoms with Gasteiger partial charge in [-0.2, -0.15) is 5.10 Å². The zero-order chi connectivity index (χ0) is 27.1. The first-order chi connectivity index (χ1) is 19.6. The number of nitrogens with one attached hydrogen (secondary N) is 3. The Morgan fingerprint density at radius 3 is 2.62 bits per heavy atom. The average Bonchev–Trinajstić information content (AvgIpc) is 3.62. The highest BCUT2D eigenvalue weighted by atomic mass is 16.1. The monoisotopic (exact) mass is 530 g/mol. The number of aromatic amines is 2. The van der Waals surface area contributed by atoms with Gasteiger partial charge < -0.3 is 20.1 Å². The molecule has 0 bridgehead atoms. The van der Waals surface area contributed by atoms with Gasteiger partial charge in [-0.05, 0) is 43.4 Å². The van der Waals surface area contributed by atoms with Gasteiger partial charge >= 0.3 is 0 Å². The van der Waals surface area contributed by atoms with E-state index in [0.717, 1.165) is 54.1 Å². The number of H-pyrrole nitrogens is 2. The van der Waals surface area contributed by atoms with Crippen LogP contribution in [0.5, 0.6) is 0 Å². The van der Waals surface area contributed by atoms with Crippen LogP contribution < -0.4 is 10.2 Å². The Kier molecular flexibility index (Phi) is 5.90. The number of rotatable bonds is 5. The summed E-state index contributed by atoms with van der Waals surface area (Å²) < 4.78 is 0. The Bertz CT molecular complexity index is 1840. The molecule has 0 saturated carbocycles. The van der Waals surface area contributed by atoms with Gasteiger partial charge in [0, 0.05) is 49.7 Å². The van der Waals surface area contributed by atoms with Gasteiger partial charge in [-0.25, -0.2) is 15.0 Å². The van der Waals surface area contributed by atoms with Crippen LogP contribution in [0.15, 0.2) is 73.2 Å². The number of anilines is 2. The van der Waals surface area contributed by atoms with Crippen molar-refractivity contribution in [3.8, 4) is 22.8 Å². The maximum absolute atomic E-state index is 12.6. The van der Waals surface area contributed by atoms with E-state index >= 15 is 0 Å². The summed E-state index contributed by atoms with van der Waals surface area (Å²) in [6.07, 6.45) is 5.15. The van der Waals surface area contributed by atoms with E-state index in [-0.39, 0.29) is 5.91 Å². The number of piperazine rings is 1. The number of nitrogens with zero attached hydrogens (tertiary/aromatic N) is 7. The highest BCUT2D eigenvalue weighted by Gasteiger charge is 2.21. The molecule has 3 N–H and O–H groups in total. The molecule has 5 aromatic heterocycles. The molecule has 1 aliphatic rings. The predicted molar refractivity (Wildman–Crippen MR) is 154 cm³/mol. The second-order valence-corrected chi connectivity index (χ2v) is 9.85. The number of hydrogen-bond acceptors (Lipinski definition) is 8. The molecular formula is C29H26N10O. The van der Waals surface area contributed by atoms with Gasteiger partial charge in [0.15, 0.2) is 17.3 Å². The minimum absolute atomic E-state index is 0.199. The van der Waals surface area contributed by atoms with Gasteiger partial charge in [0.2, 0.25) is 0 Å². The number of pyridine rings is 3. The van der Waals surface area contributed by atoms with E-state index in [0.29, 0.717) is 34.0 Å². The van der Waals surface area contributed by atoms with Gasteiger partial charge in [0.25, 0.3) is 5.91 Å². The molecule has 0 aliphatic carbocycles. The van der Waals surface area contributed by atoms with Crippen LogP contribution in [-0.4, -0.2) is 79.2 Å². The molecule has 1 aromatic carbocycles. The molecule has 198 valence electrons. The Balaban J connectivity index is 1.21. The lowest BCUT2D eigenvalue weighted by molar-refractivity contribution is 0.102. The number of likely N-dealkylation sites (N-methyl/N-ethyl adjacent to an activating group) is 1. The first kappa shape index (κ1) is 23.9. The van der Waals surface area contributed by atoms with Crippen molar-refractivity contribution in [3.05, 3.63) is 78.8 Å². The molecule has 6 heterocycles. The summed E-state index contributed by atoms with van der Waals surface area (Å²) in [4.78, 5) is 39.5. The van der Waals surface area contributed by atoms with Crippen molar-refractivity contribution in [1.82, 2.24) is 40.0 Å². The Morgan fingerprint density at radius 2 is 1.77 bits per heavy atom. The molecule has 1 aliphatic heterocycles. The molecule has 7 rings (SSSR count). The van der Waals surface area contributed by atoms with Crippen molar-refractivity contribution < 1.29 is 4.79 Å². The molecular weight excluding hydrogens is 504 g/mol. The van der Waals surface area contributed by atoms with Crippen molar-refractivity contribution in [2.75, 3.05) is 43.4 Å². The van der Waals surface area contributed by atoms with Crippen LogP contribution in [0.4, 0.5) is 11.5 Å². The zero-order valence-electron chi connectivity index (χ0n) is 21.8. The van der Waals surface area contributed by atoms with E-state index in [1.165, 1.54) is 0 Å². The summed E-state index contributed by atoms with van der Waals surface area (Å²) in [7, 11) is 2.13. The summed E-state index contributed by atoms with van der Waals surface area (Å²) >= 11 is 0. The third kappa shape index (κ3) is 4.41. The number of amides is 1. The second kappa shape index (κ2) is 9.86. The third-order valence-electron chi connectivity index (χ3n) is 7.14. The first-order valence-corrected chi connectivity index (χ1v) is 13.1. The van der Waals surface area contributed by atoms with E-state index in [9.17, 15) is 4.79 Å². The molecule has 0 unspecified atom stereocenters. The normalized spacial score (nSPS) is 14.2. The van der Waals surface area contributed by atoms with Gasteiger partial charge in [0.1, 0.15) is 11.0 Å². The van der Waals surface area contributed by atoms with Gasteiger partial charge in [0.05, 0.1) is 28.6 Å². The van der Waals surface area contributed by atoms with Crippen LogP contribution >= 0.6 is 0 Å². The molecule has 1 fully saturated rings.